The fourth-order valence-electron chi connectivity index (χ4n) is 2.06. The predicted molar refractivity (Wildman–Crippen MR) is 67.6 cm³/mol. The van der Waals surface area contributed by atoms with Gasteiger partial charge in [-0.3, -0.25) is 0 Å². The summed E-state index contributed by atoms with van der Waals surface area (Å²) < 4.78 is 11.8. The Morgan fingerprint density at radius 1 is 1.19 bits per heavy atom. The first-order valence-corrected chi connectivity index (χ1v) is 7.06. The predicted octanol–water partition coefficient (Wildman–Crippen LogP) is 4.11. The van der Waals surface area contributed by atoms with Crippen LogP contribution in [-0.4, -0.2) is 13.2 Å². The lowest BCUT2D eigenvalue weighted by molar-refractivity contribution is 0.0868. The monoisotopic (exact) mass is 240 g/mol. The third kappa shape index (κ3) is 2.34. The van der Waals surface area contributed by atoms with E-state index >= 15 is 0 Å². The first-order chi connectivity index (χ1) is 7.79. The largest absolute Gasteiger partial charge is 0.488 e. The molecular weight excluding hydrogens is 220 g/mol. The molecule has 2 heterocycles. The lowest BCUT2D eigenvalue weighted by Gasteiger charge is -2.29. The van der Waals surface area contributed by atoms with E-state index in [9.17, 15) is 0 Å². The second kappa shape index (κ2) is 5.09. The van der Waals surface area contributed by atoms with E-state index in [1.807, 2.05) is 10.8 Å². The molecule has 0 amide bonds. The van der Waals surface area contributed by atoms with Crippen molar-refractivity contribution >= 4 is 11.3 Å². The van der Waals surface area contributed by atoms with Crippen LogP contribution in [0.5, 0.6) is 11.5 Å². The van der Waals surface area contributed by atoms with Gasteiger partial charge in [0.1, 0.15) is 0 Å². The fourth-order valence-corrected chi connectivity index (χ4v) is 2.75. The van der Waals surface area contributed by atoms with Crippen LogP contribution in [0, 0.1) is 5.41 Å². The summed E-state index contributed by atoms with van der Waals surface area (Å²) in [6.45, 7) is 6.07. The van der Waals surface area contributed by atoms with Crippen molar-refractivity contribution < 1.29 is 9.47 Å². The van der Waals surface area contributed by atoms with E-state index in [4.69, 9.17) is 9.47 Å². The Labute approximate surface area is 102 Å². The highest BCUT2D eigenvalue weighted by atomic mass is 32.1. The van der Waals surface area contributed by atoms with Gasteiger partial charge in [0.05, 0.1) is 13.2 Å². The molecule has 0 bridgehead atoms. The number of unbranched alkanes of at least 4 members (excludes halogenated alkanes) is 1. The molecule has 1 aliphatic rings. The van der Waals surface area contributed by atoms with Gasteiger partial charge in [-0.2, -0.15) is 0 Å². The maximum Gasteiger partial charge on any atom is 0.171 e. The zero-order valence-corrected chi connectivity index (χ0v) is 10.9. The first kappa shape index (κ1) is 11.8. The normalized spacial score (nSPS) is 18.1. The minimum absolute atomic E-state index is 0.215. The lowest BCUT2D eigenvalue weighted by Crippen LogP contribution is -2.32. The van der Waals surface area contributed by atoms with Gasteiger partial charge in [-0.15, -0.1) is 11.3 Å². The topological polar surface area (TPSA) is 18.5 Å². The van der Waals surface area contributed by atoms with Gasteiger partial charge in [-0.25, -0.2) is 0 Å². The molecule has 0 N–H and O–H groups in total. The summed E-state index contributed by atoms with van der Waals surface area (Å²) in [5.74, 6) is 1.86. The molecule has 0 radical (unpaired) electrons. The van der Waals surface area contributed by atoms with Gasteiger partial charge in [-0.1, -0.05) is 26.7 Å². The minimum Gasteiger partial charge on any atom is -0.488 e. The molecule has 3 heteroatoms. The van der Waals surface area contributed by atoms with Crippen LogP contribution in [0.4, 0.5) is 0 Å². The summed E-state index contributed by atoms with van der Waals surface area (Å²) >= 11 is 1.64. The smallest absolute Gasteiger partial charge is 0.171 e. The summed E-state index contributed by atoms with van der Waals surface area (Å²) in [6, 6.07) is 0. The molecule has 0 saturated heterocycles. The van der Waals surface area contributed by atoms with E-state index in [1.54, 1.807) is 11.3 Å². The molecule has 0 saturated carbocycles. The molecule has 0 atom stereocenters. The van der Waals surface area contributed by atoms with Gasteiger partial charge < -0.3 is 9.47 Å². The Morgan fingerprint density at radius 2 is 1.81 bits per heavy atom. The molecule has 2 rings (SSSR count). The summed E-state index contributed by atoms with van der Waals surface area (Å²) in [7, 11) is 0. The average molecular weight is 240 g/mol. The van der Waals surface area contributed by atoms with Crippen molar-refractivity contribution in [2.45, 2.75) is 39.5 Å². The Kier molecular flexibility index (Phi) is 3.74. The summed E-state index contributed by atoms with van der Waals surface area (Å²) in [5, 5.41) is 4.06. The molecule has 0 unspecified atom stereocenters. The molecular formula is C13H20O2S. The van der Waals surface area contributed by atoms with Crippen molar-refractivity contribution in [1.29, 1.82) is 0 Å². The molecule has 90 valence electrons. The van der Waals surface area contributed by atoms with E-state index < -0.39 is 0 Å². The molecule has 1 aromatic rings. The van der Waals surface area contributed by atoms with E-state index in [0.717, 1.165) is 31.1 Å². The third-order valence-electron chi connectivity index (χ3n) is 3.47. The number of hydrogen-bond acceptors (Lipinski definition) is 3. The van der Waals surface area contributed by atoms with Crippen LogP contribution in [-0.2, 0) is 0 Å². The molecule has 16 heavy (non-hydrogen) atoms. The lowest BCUT2D eigenvalue weighted by atomic mass is 9.82. The van der Waals surface area contributed by atoms with Gasteiger partial charge in [0.2, 0.25) is 0 Å². The van der Waals surface area contributed by atoms with Crippen molar-refractivity contribution in [2.24, 2.45) is 5.41 Å². The first-order valence-electron chi connectivity index (χ1n) is 6.11. The van der Waals surface area contributed by atoms with Gasteiger partial charge in [0, 0.05) is 16.2 Å². The van der Waals surface area contributed by atoms with Crippen LogP contribution < -0.4 is 9.47 Å². The highest BCUT2D eigenvalue weighted by Gasteiger charge is 2.33. The van der Waals surface area contributed by atoms with Crippen LogP contribution in [0.3, 0.4) is 0 Å². The van der Waals surface area contributed by atoms with Gasteiger partial charge in [0.15, 0.2) is 11.5 Å². The van der Waals surface area contributed by atoms with E-state index in [1.165, 1.54) is 19.3 Å². The van der Waals surface area contributed by atoms with E-state index in [-0.39, 0.29) is 5.41 Å². The number of thiophene rings is 1. The molecule has 0 fully saturated rings. The Balaban J connectivity index is 2.05. The highest BCUT2D eigenvalue weighted by Crippen LogP contribution is 2.39. The van der Waals surface area contributed by atoms with Gasteiger partial charge in [0.25, 0.3) is 0 Å². The third-order valence-corrected chi connectivity index (χ3v) is 4.17. The molecule has 1 aliphatic heterocycles. The van der Waals surface area contributed by atoms with Gasteiger partial charge in [-0.05, 0) is 12.8 Å². The highest BCUT2D eigenvalue weighted by molar-refractivity contribution is 7.08. The van der Waals surface area contributed by atoms with Crippen molar-refractivity contribution in [3.8, 4) is 11.5 Å². The SMILES string of the molecule is CCCCC1(CC)COc2cscc2OC1. The molecule has 1 aromatic heterocycles. The van der Waals surface area contributed by atoms with Crippen LogP contribution in [0.1, 0.15) is 39.5 Å². The van der Waals surface area contributed by atoms with Crippen molar-refractivity contribution in [3.63, 3.8) is 0 Å². The minimum atomic E-state index is 0.215. The molecule has 0 aliphatic carbocycles. The standard InChI is InChI=1S/C13H20O2S/c1-3-5-6-13(4-2)9-14-11-7-16-8-12(11)15-10-13/h7-8H,3-6,9-10H2,1-2H3. The van der Waals surface area contributed by atoms with Crippen LogP contribution >= 0.6 is 11.3 Å². The maximum absolute atomic E-state index is 5.88. The molecule has 2 nitrogen and oxygen atoms in total. The quantitative estimate of drug-likeness (QED) is 0.788. The number of fused-ring (bicyclic) bond motifs is 1. The van der Waals surface area contributed by atoms with E-state index in [2.05, 4.69) is 13.8 Å². The number of ether oxygens (including phenoxy) is 2. The second-order valence-electron chi connectivity index (χ2n) is 4.63. The average Bonchev–Trinajstić information content (AvgIpc) is 2.70. The van der Waals surface area contributed by atoms with Crippen LogP contribution in [0.15, 0.2) is 10.8 Å². The molecule has 0 aromatic carbocycles. The Bertz CT molecular complexity index is 310. The second-order valence-corrected chi connectivity index (χ2v) is 5.38. The zero-order valence-electron chi connectivity index (χ0n) is 10.1. The summed E-state index contributed by atoms with van der Waals surface area (Å²) in [5.41, 5.74) is 0.215. The van der Waals surface area contributed by atoms with Crippen LogP contribution in [0.2, 0.25) is 0 Å². The van der Waals surface area contributed by atoms with Crippen LogP contribution in [0.25, 0.3) is 0 Å². The summed E-state index contributed by atoms with van der Waals surface area (Å²) in [4.78, 5) is 0. The van der Waals surface area contributed by atoms with Gasteiger partial charge >= 0.3 is 0 Å². The van der Waals surface area contributed by atoms with Crippen molar-refractivity contribution in [2.75, 3.05) is 13.2 Å². The Hall–Kier alpha value is -0.700. The van der Waals surface area contributed by atoms with E-state index in [0.29, 0.717) is 0 Å². The number of rotatable bonds is 4. The van der Waals surface area contributed by atoms with Crippen molar-refractivity contribution in [1.82, 2.24) is 0 Å². The zero-order chi connectivity index (χ0) is 11.4. The fraction of sp³-hybridized carbons (Fsp3) is 0.692. The molecule has 0 spiro atoms. The number of hydrogen-bond donors (Lipinski definition) is 0. The Morgan fingerprint density at radius 3 is 2.31 bits per heavy atom. The summed E-state index contributed by atoms with van der Waals surface area (Å²) in [6.07, 6.45) is 4.82. The van der Waals surface area contributed by atoms with Crippen molar-refractivity contribution in [3.05, 3.63) is 10.8 Å². The maximum atomic E-state index is 5.88.